The number of Topliss-reactive ketones (excluding diaryl/α,β-unsaturated/α-hetero) is 1. The van der Waals surface area contributed by atoms with E-state index in [2.05, 4.69) is 15.4 Å². The van der Waals surface area contributed by atoms with Gasteiger partial charge in [-0.1, -0.05) is 13.8 Å². The Labute approximate surface area is 219 Å². The Kier molecular flexibility index (Phi) is 6.34. The highest BCUT2D eigenvalue weighted by Crippen LogP contribution is 2.68. The van der Waals surface area contributed by atoms with Crippen LogP contribution in [0.1, 0.15) is 39.5 Å². The van der Waals surface area contributed by atoms with Crippen LogP contribution in [0.3, 0.4) is 0 Å². The summed E-state index contributed by atoms with van der Waals surface area (Å²) in [5.74, 6) is -4.30. The molecule has 15 heteroatoms. The van der Waals surface area contributed by atoms with Gasteiger partial charge in [-0.25, -0.2) is 0 Å². The van der Waals surface area contributed by atoms with Gasteiger partial charge in [0, 0.05) is 31.8 Å². The number of carbonyl (C=O) groups excluding carboxylic acids is 4. The molecular weight excluding hydrogens is 540 g/mol. The van der Waals surface area contributed by atoms with E-state index < -0.39 is 91.1 Å². The molecule has 0 unspecified atom stereocenters. The Morgan fingerprint density at radius 3 is 2.38 bits per heavy atom. The molecule has 0 aromatic rings. The number of hydrogen-bond acceptors (Lipinski definition) is 6. The third kappa shape index (κ3) is 4.58. The number of ketones is 1. The highest BCUT2D eigenvalue weighted by atomic mass is 19.4. The summed E-state index contributed by atoms with van der Waals surface area (Å²) in [7, 11) is 0. The van der Waals surface area contributed by atoms with E-state index in [0.29, 0.717) is 13.0 Å². The first-order valence-electron chi connectivity index (χ1n) is 12.7. The van der Waals surface area contributed by atoms with Gasteiger partial charge in [0.15, 0.2) is 5.78 Å². The Hall–Kier alpha value is -2.42. The van der Waals surface area contributed by atoms with Crippen LogP contribution in [-0.2, 0) is 28.7 Å². The second-order valence-electron chi connectivity index (χ2n) is 12.0. The van der Waals surface area contributed by atoms with Crippen LogP contribution in [0.5, 0.6) is 0 Å². The molecule has 5 atom stereocenters. The van der Waals surface area contributed by atoms with Gasteiger partial charge in [0.05, 0.1) is 18.1 Å². The second kappa shape index (κ2) is 8.79. The van der Waals surface area contributed by atoms with Crippen molar-refractivity contribution in [1.29, 1.82) is 0 Å². The number of rotatable bonds is 8. The predicted octanol–water partition coefficient (Wildman–Crippen LogP) is 1.70. The summed E-state index contributed by atoms with van der Waals surface area (Å²) in [6, 6.07) is -2.66. The average molecular weight is 569 g/mol. The molecule has 0 aromatic carbocycles. The zero-order valence-corrected chi connectivity index (χ0v) is 21.2. The molecule has 4 heterocycles. The van der Waals surface area contributed by atoms with E-state index in [0.717, 1.165) is 0 Å². The molecule has 0 radical (unpaired) electrons. The molecule has 2 N–H and O–H groups in total. The first-order chi connectivity index (χ1) is 17.9. The third-order valence-corrected chi connectivity index (χ3v) is 9.37. The van der Waals surface area contributed by atoms with Crippen molar-refractivity contribution in [2.24, 2.45) is 28.6 Å². The third-order valence-electron chi connectivity index (χ3n) is 9.37. The lowest BCUT2D eigenvalue weighted by atomic mass is 9.61. The van der Waals surface area contributed by atoms with Crippen LogP contribution in [0.15, 0.2) is 0 Å². The number of likely N-dealkylation sites (tertiary alicyclic amines) is 1. The second-order valence-corrected chi connectivity index (χ2v) is 12.0. The van der Waals surface area contributed by atoms with E-state index in [1.807, 2.05) is 13.8 Å². The zero-order chi connectivity index (χ0) is 28.8. The smallest absolute Gasteiger partial charge is 0.364 e. The fraction of sp³-hybridized carbons (Fsp3) is 0.833. The number of ether oxygens (including phenoxy) is 2. The van der Waals surface area contributed by atoms with E-state index in [1.165, 1.54) is 4.90 Å². The molecule has 39 heavy (non-hydrogen) atoms. The van der Waals surface area contributed by atoms with E-state index in [4.69, 9.17) is 4.74 Å². The number of hydrogen-bond donors (Lipinski definition) is 2. The van der Waals surface area contributed by atoms with Crippen molar-refractivity contribution in [2.75, 3.05) is 26.3 Å². The van der Waals surface area contributed by atoms with E-state index in [1.54, 1.807) is 0 Å². The van der Waals surface area contributed by atoms with Crippen molar-refractivity contribution in [1.82, 2.24) is 15.5 Å². The lowest BCUT2D eigenvalue weighted by molar-refractivity contribution is -0.321. The van der Waals surface area contributed by atoms with Crippen LogP contribution in [0.25, 0.3) is 0 Å². The molecule has 4 aliphatic heterocycles. The highest BCUT2D eigenvalue weighted by molar-refractivity contribution is 5.97. The molecule has 6 fully saturated rings. The van der Waals surface area contributed by atoms with E-state index in [9.17, 15) is 45.5 Å². The Balaban J connectivity index is 1.33. The number of piperidine rings is 1. The molecule has 218 valence electrons. The van der Waals surface area contributed by atoms with Crippen molar-refractivity contribution in [3.05, 3.63) is 0 Å². The van der Waals surface area contributed by atoms with Crippen LogP contribution < -0.4 is 10.6 Å². The maximum Gasteiger partial charge on any atom is 0.522 e. The minimum atomic E-state index is -5.09. The summed E-state index contributed by atoms with van der Waals surface area (Å²) in [5, 5.41) is 5.00. The molecule has 9 nitrogen and oxygen atoms in total. The van der Waals surface area contributed by atoms with Gasteiger partial charge in [0.1, 0.15) is 18.2 Å². The SMILES string of the molecule is CC1(C)[C@@H]2[C@@H](C(=O)N[C@@H](C[C@@H]3CCNC3=O)C(=O)COC(F)(F)F)N(C(=O)C34CC(C(F)(F)F)(CO3)C4)C[C@@H]21. The molecule has 2 saturated carbocycles. The molecule has 3 amide bonds. The number of nitrogens with zero attached hydrogens (tertiary/aromatic N) is 1. The molecular formula is C24H29F6N3O6. The lowest BCUT2D eigenvalue weighted by Crippen LogP contribution is -2.63. The van der Waals surface area contributed by atoms with Crippen LogP contribution in [0.4, 0.5) is 26.3 Å². The number of carbonyl (C=O) groups is 4. The van der Waals surface area contributed by atoms with E-state index >= 15 is 0 Å². The number of alkyl halides is 6. The van der Waals surface area contributed by atoms with Gasteiger partial charge in [-0.3, -0.25) is 23.9 Å². The minimum absolute atomic E-state index is 0.0968. The number of amides is 3. The Bertz CT molecular complexity index is 1090. The predicted molar refractivity (Wildman–Crippen MR) is 117 cm³/mol. The van der Waals surface area contributed by atoms with Crippen LogP contribution in [0.2, 0.25) is 0 Å². The van der Waals surface area contributed by atoms with Gasteiger partial charge in [0.2, 0.25) is 11.8 Å². The number of fused-ring (bicyclic) bond motifs is 2. The molecule has 6 aliphatic rings. The number of halogens is 6. The molecule has 4 saturated heterocycles. The minimum Gasteiger partial charge on any atom is -0.364 e. The monoisotopic (exact) mass is 569 g/mol. The van der Waals surface area contributed by atoms with Gasteiger partial charge in [-0.15, -0.1) is 13.2 Å². The zero-order valence-electron chi connectivity index (χ0n) is 21.2. The van der Waals surface area contributed by atoms with Crippen molar-refractivity contribution in [3.63, 3.8) is 0 Å². The van der Waals surface area contributed by atoms with Crippen molar-refractivity contribution in [2.45, 2.75) is 69.8 Å². The first kappa shape index (κ1) is 28.1. The maximum absolute atomic E-state index is 13.6. The van der Waals surface area contributed by atoms with Gasteiger partial charge >= 0.3 is 12.5 Å². The standard InChI is InChI=1S/C24H29F6N3O6/c1-20(2)12-6-33(19(37)22-8-21(9-22,10-39-22)23(25,26)27)16(15(12)20)18(36)32-13(5-11-3-4-31-17(11)35)14(34)7-38-24(28,29)30/h11-13,15-16H,3-10H2,1-2H3,(H,31,35)(H,32,36)/t11-,12-,13-,15-,16-,21?,22?/m0/s1. The summed E-state index contributed by atoms with van der Waals surface area (Å²) < 4.78 is 87.3. The molecule has 0 spiro atoms. The van der Waals surface area contributed by atoms with E-state index in [-0.39, 0.29) is 30.2 Å². The van der Waals surface area contributed by atoms with Gasteiger partial charge in [-0.2, -0.15) is 13.2 Å². The summed E-state index contributed by atoms with van der Waals surface area (Å²) >= 11 is 0. The highest BCUT2D eigenvalue weighted by Gasteiger charge is 2.78. The lowest BCUT2D eigenvalue weighted by Gasteiger charge is -2.46. The molecule has 2 aliphatic carbocycles. The largest absolute Gasteiger partial charge is 0.522 e. The van der Waals surface area contributed by atoms with Crippen LogP contribution in [-0.4, -0.2) is 84.9 Å². The van der Waals surface area contributed by atoms with Gasteiger partial charge in [-0.05, 0) is 30.1 Å². The van der Waals surface area contributed by atoms with Gasteiger partial charge in [0.25, 0.3) is 5.91 Å². The normalized spacial score (nSPS) is 37.1. The first-order valence-corrected chi connectivity index (χ1v) is 12.7. The topological polar surface area (TPSA) is 114 Å². The van der Waals surface area contributed by atoms with Crippen molar-refractivity contribution >= 4 is 23.5 Å². The Morgan fingerprint density at radius 2 is 1.85 bits per heavy atom. The summed E-state index contributed by atoms with van der Waals surface area (Å²) in [5.41, 5.74) is -4.17. The molecule has 0 aromatic heterocycles. The average Bonchev–Trinajstić information content (AvgIpc) is 3.40. The fourth-order valence-electron chi connectivity index (χ4n) is 7.01. The molecule has 2 bridgehead atoms. The van der Waals surface area contributed by atoms with Crippen molar-refractivity contribution in [3.8, 4) is 0 Å². The maximum atomic E-state index is 13.6. The number of nitrogens with one attached hydrogen (secondary N) is 2. The van der Waals surface area contributed by atoms with Crippen molar-refractivity contribution < 1.29 is 55.0 Å². The summed E-state index contributed by atoms with van der Waals surface area (Å²) in [4.78, 5) is 53.0. The van der Waals surface area contributed by atoms with Crippen LogP contribution in [0, 0.1) is 28.6 Å². The van der Waals surface area contributed by atoms with Gasteiger partial charge < -0.3 is 20.3 Å². The summed E-state index contributed by atoms with van der Waals surface area (Å²) in [6.45, 7) is 2.11. The fourth-order valence-corrected chi connectivity index (χ4v) is 7.01. The quantitative estimate of drug-likeness (QED) is 0.431. The summed E-state index contributed by atoms with van der Waals surface area (Å²) in [6.07, 6.45) is -10.7. The Morgan fingerprint density at radius 1 is 1.18 bits per heavy atom. The molecule has 6 rings (SSSR count). The van der Waals surface area contributed by atoms with Crippen LogP contribution >= 0.6 is 0 Å².